The maximum Gasteiger partial charge on any atom is 0.251 e. The molecule has 2 aromatic rings. The van der Waals surface area contributed by atoms with E-state index in [1.807, 2.05) is 24.3 Å². The number of amides is 1. The molecule has 0 aliphatic rings. The third-order valence-corrected chi connectivity index (χ3v) is 3.19. The van der Waals surface area contributed by atoms with Crippen molar-refractivity contribution in [3.8, 4) is 0 Å². The molecule has 1 aromatic carbocycles. The first kappa shape index (κ1) is 14.9. The summed E-state index contributed by atoms with van der Waals surface area (Å²) in [7, 11) is 0. The Hall–Kier alpha value is -2.49. The molecular formula is C17H20N2O2. The Balaban J connectivity index is 2.01. The average Bonchev–Trinajstić information content (AvgIpc) is 3.05. The van der Waals surface area contributed by atoms with E-state index < -0.39 is 0 Å². The molecule has 21 heavy (non-hydrogen) atoms. The van der Waals surface area contributed by atoms with Crippen molar-refractivity contribution in [1.82, 2.24) is 5.32 Å². The van der Waals surface area contributed by atoms with Gasteiger partial charge in [-0.25, -0.2) is 0 Å². The van der Waals surface area contributed by atoms with Crippen LogP contribution in [0, 0.1) is 0 Å². The first-order valence-corrected chi connectivity index (χ1v) is 7.03. The molecule has 4 heteroatoms. The van der Waals surface area contributed by atoms with Crippen LogP contribution in [0.3, 0.4) is 0 Å². The van der Waals surface area contributed by atoms with Gasteiger partial charge in [0.25, 0.3) is 5.91 Å². The Morgan fingerprint density at radius 2 is 2.10 bits per heavy atom. The Bertz CT molecular complexity index is 573. The molecule has 0 fully saturated rings. The number of carbonyl (C=O) groups excluding carboxylic acids is 1. The van der Waals surface area contributed by atoms with E-state index in [0.717, 1.165) is 17.9 Å². The number of furan rings is 1. The molecule has 1 amide bonds. The summed E-state index contributed by atoms with van der Waals surface area (Å²) in [5.74, 6) is 0.810. The third kappa shape index (κ3) is 3.99. The molecule has 0 saturated heterocycles. The van der Waals surface area contributed by atoms with Gasteiger partial charge in [0.05, 0.1) is 12.3 Å². The van der Waals surface area contributed by atoms with Crippen molar-refractivity contribution in [3.05, 3.63) is 66.6 Å². The summed E-state index contributed by atoms with van der Waals surface area (Å²) in [6.07, 6.45) is 4.24. The van der Waals surface area contributed by atoms with E-state index in [9.17, 15) is 4.79 Å². The van der Waals surface area contributed by atoms with Crippen molar-refractivity contribution in [3.63, 3.8) is 0 Å². The molecule has 0 aliphatic carbocycles. The monoisotopic (exact) mass is 284 g/mol. The summed E-state index contributed by atoms with van der Waals surface area (Å²) >= 11 is 0. The number of benzene rings is 1. The summed E-state index contributed by atoms with van der Waals surface area (Å²) in [5, 5.41) is 6.15. The predicted molar refractivity (Wildman–Crippen MR) is 84.3 cm³/mol. The standard InChI is InChI=1S/C17H20N2O2/c1-3-11-18-17(20)13-7-9-14(10-8-13)19-15(4-2)16-6-5-12-21-16/h3,5-10,12,15,19H,1,4,11H2,2H3,(H,18,20). The molecule has 1 unspecified atom stereocenters. The molecule has 1 heterocycles. The van der Waals surface area contributed by atoms with Crippen molar-refractivity contribution in [2.24, 2.45) is 0 Å². The number of carbonyl (C=O) groups is 1. The number of hydrogen-bond donors (Lipinski definition) is 2. The van der Waals surface area contributed by atoms with Gasteiger partial charge in [-0.3, -0.25) is 4.79 Å². The highest BCUT2D eigenvalue weighted by Crippen LogP contribution is 2.23. The fourth-order valence-corrected chi connectivity index (χ4v) is 2.05. The van der Waals surface area contributed by atoms with E-state index >= 15 is 0 Å². The Labute approximate surface area is 124 Å². The lowest BCUT2D eigenvalue weighted by atomic mass is 10.1. The first-order chi connectivity index (χ1) is 10.2. The van der Waals surface area contributed by atoms with Crippen LogP contribution in [0.15, 0.2) is 59.7 Å². The third-order valence-electron chi connectivity index (χ3n) is 3.19. The molecule has 4 nitrogen and oxygen atoms in total. The smallest absolute Gasteiger partial charge is 0.251 e. The van der Waals surface area contributed by atoms with Gasteiger partial charge in [-0.05, 0) is 42.8 Å². The van der Waals surface area contributed by atoms with Crippen LogP contribution in [-0.2, 0) is 0 Å². The number of nitrogens with one attached hydrogen (secondary N) is 2. The minimum atomic E-state index is -0.0977. The van der Waals surface area contributed by atoms with Gasteiger partial charge >= 0.3 is 0 Å². The largest absolute Gasteiger partial charge is 0.467 e. The Morgan fingerprint density at radius 1 is 1.33 bits per heavy atom. The van der Waals surface area contributed by atoms with Gasteiger partial charge in [-0.1, -0.05) is 13.0 Å². The van der Waals surface area contributed by atoms with Crippen molar-refractivity contribution >= 4 is 11.6 Å². The summed E-state index contributed by atoms with van der Waals surface area (Å²) in [5.41, 5.74) is 1.59. The fourth-order valence-electron chi connectivity index (χ4n) is 2.05. The maximum absolute atomic E-state index is 11.8. The maximum atomic E-state index is 11.8. The van der Waals surface area contributed by atoms with Crippen LogP contribution in [0.5, 0.6) is 0 Å². The molecule has 0 aliphatic heterocycles. The average molecular weight is 284 g/mol. The van der Waals surface area contributed by atoms with Crippen LogP contribution < -0.4 is 10.6 Å². The second-order valence-corrected chi connectivity index (χ2v) is 4.70. The second-order valence-electron chi connectivity index (χ2n) is 4.70. The number of hydrogen-bond acceptors (Lipinski definition) is 3. The van der Waals surface area contributed by atoms with Crippen LogP contribution in [0.4, 0.5) is 5.69 Å². The highest BCUT2D eigenvalue weighted by atomic mass is 16.3. The molecular weight excluding hydrogens is 264 g/mol. The highest BCUT2D eigenvalue weighted by Gasteiger charge is 2.12. The molecule has 1 atom stereocenters. The van der Waals surface area contributed by atoms with Crippen molar-refractivity contribution in [2.45, 2.75) is 19.4 Å². The normalized spacial score (nSPS) is 11.7. The Morgan fingerprint density at radius 3 is 2.67 bits per heavy atom. The van der Waals surface area contributed by atoms with Crippen molar-refractivity contribution in [2.75, 3.05) is 11.9 Å². The fraction of sp³-hybridized carbons (Fsp3) is 0.235. The van der Waals surface area contributed by atoms with Crippen LogP contribution in [0.25, 0.3) is 0 Å². The minimum Gasteiger partial charge on any atom is -0.467 e. The lowest BCUT2D eigenvalue weighted by molar-refractivity contribution is 0.0958. The van der Waals surface area contributed by atoms with Gasteiger partial charge < -0.3 is 15.1 Å². The highest BCUT2D eigenvalue weighted by molar-refractivity contribution is 5.94. The summed E-state index contributed by atoms with van der Waals surface area (Å²) in [6, 6.07) is 11.4. The lowest BCUT2D eigenvalue weighted by Crippen LogP contribution is -2.23. The molecule has 0 spiro atoms. The van der Waals surface area contributed by atoms with E-state index in [1.54, 1.807) is 24.5 Å². The van der Waals surface area contributed by atoms with E-state index in [-0.39, 0.29) is 11.9 Å². The van der Waals surface area contributed by atoms with Crippen LogP contribution in [0.2, 0.25) is 0 Å². The van der Waals surface area contributed by atoms with E-state index in [1.165, 1.54) is 0 Å². The van der Waals surface area contributed by atoms with Crippen LogP contribution in [-0.4, -0.2) is 12.5 Å². The summed E-state index contributed by atoms with van der Waals surface area (Å²) in [4.78, 5) is 11.8. The topological polar surface area (TPSA) is 54.3 Å². The van der Waals surface area contributed by atoms with Crippen molar-refractivity contribution < 1.29 is 9.21 Å². The number of anilines is 1. The van der Waals surface area contributed by atoms with Gasteiger partial charge in [0.15, 0.2) is 0 Å². The molecule has 110 valence electrons. The SMILES string of the molecule is C=CCNC(=O)c1ccc(NC(CC)c2ccco2)cc1. The summed E-state index contributed by atoms with van der Waals surface area (Å²) in [6.45, 7) is 6.14. The van der Waals surface area contributed by atoms with Gasteiger partial charge in [0.1, 0.15) is 5.76 Å². The van der Waals surface area contributed by atoms with Gasteiger partial charge in [-0.15, -0.1) is 6.58 Å². The molecule has 1 aromatic heterocycles. The molecule has 0 saturated carbocycles. The molecule has 0 radical (unpaired) electrons. The van der Waals surface area contributed by atoms with Crippen molar-refractivity contribution in [1.29, 1.82) is 0 Å². The molecule has 2 N–H and O–H groups in total. The predicted octanol–water partition coefficient (Wildman–Crippen LogP) is 3.76. The zero-order chi connectivity index (χ0) is 15.1. The zero-order valence-electron chi connectivity index (χ0n) is 12.1. The van der Waals surface area contributed by atoms with E-state index in [0.29, 0.717) is 12.1 Å². The van der Waals surface area contributed by atoms with Crippen LogP contribution >= 0.6 is 0 Å². The van der Waals surface area contributed by atoms with Gasteiger partial charge in [0.2, 0.25) is 0 Å². The quantitative estimate of drug-likeness (QED) is 0.761. The Kier molecular flexibility index (Phi) is 5.21. The first-order valence-electron chi connectivity index (χ1n) is 7.03. The van der Waals surface area contributed by atoms with Gasteiger partial charge in [0, 0.05) is 17.8 Å². The van der Waals surface area contributed by atoms with E-state index in [4.69, 9.17) is 4.42 Å². The second kappa shape index (κ2) is 7.33. The molecule has 2 rings (SSSR count). The lowest BCUT2D eigenvalue weighted by Gasteiger charge is -2.16. The minimum absolute atomic E-state index is 0.0977. The molecule has 0 bridgehead atoms. The van der Waals surface area contributed by atoms with Gasteiger partial charge in [-0.2, -0.15) is 0 Å². The summed E-state index contributed by atoms with van der Waals surface area (Å²) < 4.78 is 5.43. The number of rotatable bonds is 7. The van der Waals surface area contributed by atoms with Crippen LogP contribution in [0.1, 0.15) is 35.5 Å². The van der Waals surface area contributed by atoms with E-state index in [2.05, 4.69) is 24.1 Å². The zero-order valence-corrected chi connectivity index (χ0v) is 12.1.